The number of esters is 1. The molecule has 4 nitrogen and oxygen atoms in total. The van der Waals surface area contributed by atoms with E-state index >= 15 is 0 Å². The van der Waals surface area contributed by atoms with Crippen LogP contribution in [-0.4, -0.2) is 22.0 Å². The van der Waals surface area contributed by atoms with Gasteiger partial charge in [0.25, 0.3) is 0 Å². The van der Waals surface area contributed by atoms with E-state index in [4.69, 9.17) is 4.74 Å². The second-order valence-corrected chi connectivity index (χ2v) is 15.0. The minimum Gasteiger partial charge on any atom is -0.457 e. The average Bonchev–Trinajstić information content (AvgIpc) is 3.17. The number of carbonyl (C=O) groups excluding carboxylic acids is 1. The Morgan fingerprint density at radius 2 is 1.79 bits per heavy atom. The van der Waals surface area contributed by atoms with Crippen molar-refractivity contribution >= 4 is 5.97 Å². The Kier molecular flexibility index (Phi) is 7.42. The van der Waals surface area contributed by atoms with Gasteiger partial charge in [0, 0.05) is 17.8 Å². The molecule has 4 heteroatoms. The monoisotopic (exact) mass is 532 g/mol. The second kappa shape index (κ2) is 10.1. The van der Waals surface area contributed by atoms with E-state index in [9.17, 15) is 4.79 Å². The van der Waals surface area contributed by atoms with Crippen molar-refractivity contribution in [1.82, 2.24) is 9.97 Å². The first kappa shape index (κ1) is 28.6. The van der Waals surface area contributed by atoms with Crippen LogP contribution < -0.4 is 0 Å². The summed E-state index contributed by atoms with van der Waals surface area (Å²) in [4.78, 5) is 21.2. The third-order valence-corrected chi connectivity index (χ3v) is 12.6. The van der Waals surface area contributed by atoms with Crippen LogP contribution in [0.3, 0.4) is 0 Å². The van der Waals surface area contributed by atoms with Crippen LogP contribution >= 0.6 is 0 Å². The minimum atomic E-state index is -0.336. The molecule has 0 amide bonds. The van der Waals surface area contributed by atoms with Crippen LogP contribution in [0.4, 0.5) is 0 Å². The molecule has 2 saturated carbocycles. The predicted octanol–water partition coefficient (Wildman–Crippen LogP) is 9.13. The summed E-state index contributed by atoms with van der Waals surface area (Å²) in [7, 11) is 0. The fourth-order valence-corrected chi connectivity index (χ4v) is 10.3. The molecule has 0 saturated heterocycles. The zero-order chi connectivity index (χ0) is 28.2. The van der Waals surface area contributed by atoms with E-state index in [0.29, 0.717) is 22.4 Å². The molecule has 0 radical (unpaired) electrons. The molecule has 1 aromatic heterocycles. The van der Waals surface area contributed by atoms with Gasteiger partial charge in [0.1, 0.15) is 6.10 Å². The first-order chi connectivity index (χ1) is 18.3. The van der Waals surface area contributed by atoms with Gasteiger partial charge in [-0.15, -0.1) is 0 Å². The zero-order valence-electron chi connectivity index (χ0n) is 25.9. The third kappa shape index (κ3) is 4.52. The lowest BCUT2D eigenvalue weighted by Crippen LogP contribution is -2.55. The Hall–Kier alpha value is -1.97. The normalized spacial score (nSPS) is 37.8. The van der Waals surface area contributed by atoms with Crippen molar-refractivity contribution < 1.29 is 9.53 Å². The Morgan fingerprint density at radius 1 is 1.03 bits per heavy atom. The number of allylic oxidation sites excluding steroid dienone is 4. The number of nitrogens with zero attached hydrogens (tertiary/aromatic N) is 2. The molecule has 1 unspecified atom stereocenters. The lowest BCUT2D eigenvalue weighted by molar-refractivity contribution is -0.104. The molecule has 0 aromatic carbocycles. The molecule has 214 valence electrons. The second-order valence-electron chi connectivity index (χ2n) is 15.0. The summed E-state index contributed by atoms with van der Waals surface area (Å²) in [6, 6.07) is 0. The third-order valence-electron chi connectivity index (χ3n) is 12.6. The minimum absolute atomic E-state index is 0.0806. The van der Waals surface area contributed by atoms with Gasteiger partial charge in [-0.05, 0) is 112 Å². The summed E-state index contributed by atoms with van der Waals surface area (Å²) in [5, 5.41) is 0. The van der Waals surface area contributed by atoms with Crippen molar-refractivity contribution in [3.05, 3.63) is 47.1 Å². The SMILES string of the molecule is CC(C)=CCC[C@@H](C)[C@H]1CC[C@@]2(C)C3=C(CC[C@]12C)[C@@]1(C)CC[C@H](OC(=O)c2cnccn2)C(C)(C)C1CC3. The molecular weight excluding hydrogens is 480 g/mol. The standard InChI is InChI=1S/C35H52N2O2/c1-23(2)10-9-11-24(3)25-14-18-35(8)27-12-13-29-32(4,5)30(39-31(38)28-22-36-20-21-37-28)16-17-33(29,6)26(27)15-19-34(25,35)7/h10,20-22,24-25,29-30H,9,11-19H2,1-8H3/t24-,25-,29?,30+,33-,34-,35+/m1/s1. The molecule has 39 heavy (non-hydrogen) atoms. The maximum atomic E-state index is 12.9. The number of aromatic nitrogens is 2. The summed E-state index contributed by atoms with van der Waals surface area (Å²) in [5.41, 5.74) is 6.22. The predicted molar refractivity (Wildman–Crippen MR) is 158 cm³/mol. The van der Waals surface area contributed by atoms with Crippen LogP contribution in [0.1, 0.15) is 130 Å². The molecule has 1 aromatic rings. The van der Waals surface area contributed by atoms with Crippen molar-refractivity contribution in [2.75, 3.05) is 0 Å². The zero-order valence-corrected chi connectivity index (χ0v) is 25.9. The maximum Gasteiger partial charge on any atom is 0.358 e. The van der Waals surface area contributed by atoms with Gasteiger partial charge in [0.2, 0.25) is 0 Å². The van der Waals surface area contributed by atoms with Crippen LogP contribution in [0.25, 0.3) is 0 Å². The van der Waals surface area contributed by atoms with Crippen molar-refractivity contribution in [1.29, 1.82) is 0 Å². The lowest BCUT2D eigenvalue weighted by Gasteiger charge is -2.62. The van der Waals surface area contributed by atoms with Crippen LogP contribution in [-0.2, 0) is 4.74 Å². The van der Waals surface area contributed by atoms with Crippen molar-refractivity contribution in [3.8, 4) is 0 Å². The smallest absolute Gasteiger partial charge is 0.358 e. The van der Waals surface area contributed by atoms with Gasteiger partial charge in [-0.1, -0.05) is 64.3 Å². The summed E-state index contributed by atoms with van der Waals surface area (Å²) in [5.74, 6) is 1.78. The molecule has 4 aliphatic carbocycles. The number of carbonyl (C=O) groups is 1. The number of ether oxygens (including phenoxy) is 1. The van der Waals surface area contributed by atoms with Gasteiger partial charge in [-0.2, -0.15) is 0 Å². The molecule has 1 heterocycles. The van der Waals surface area contributed by atoms with Gasteiger partial charge in [-0.3, -0.25) is 4.98 Å². The first-order valence-electron chi connectivity index (χ1n) is 15.7. The molecule has 4 aliphatic rings. The Morgan fingerprint density at radius 3 is 2.49 bits per heavy atom. The van der Waals surface area contributed by atoms with Crippen molar-refractivity contribution in [3.63, 3.8) is 0 Å². The highest BCUT2D eigenvalue weighted by molar-refractivity contribution is 5.86. The van der Waals surface area contributed by atoms with E-state index < -0.39 is 0 Å². The van der Waals surface area contributed by atoms with E-state index in [1.165, 1.54) is 63.1 Å². The van der Waals surface area contributed by atoms with Crippen molar-refractivity contribution in [2.24, 2.45) is 39.4 Å². The van der Waals surface area contributed by atoms with E-state index in [-0.39, 0.29) is 22.9 Å². The average molecular weight is 533 g/mol. The quantitative estimate of drug-likeness (QED) is 0.271. The van der Waals surface area contributed by atoms with E-state index in [1.807, 2.05) is 5.57 Å². The van der Waals surface area contributed by atoms with Crippen LogP contribution in [0, 0.1) is 39.4 Å². The Balaban J connectivity index is 1.38. The molecule has 0 bridgehead atoms. The molecule has 0 aliphatic heterocycles. The highest BCUT2D eigenvalue weighted by Gasteiger charge is 2.63. The van der Waals surface area contributed by atoms with Gasteiger partial charge < -0.3 is 4.74 Å². The summed E-state index contributed by atoms with van der Waals surface area (Å²) in [6.45, 7) is 19.6. The van der Waals surface area contributed by atoms with Gasteiger partial charge in [-0.25, -0.2) is 9.78 Å². The first-order valence-corrected chi connectivity index (χ1v) is 15.7. The largest absolute Gasteiger partial charge is 0.457 e. The topological polar surface area (TPSA) is 52.1 Å². The lowest BCUT2D eigenvalue weighted by atomic mass is 9.43. The van der Waals surface area contributed by atoms with Gasteiger partial charge in [0.15, 0.2) is 5.69 Å². The molecule has 7 atom stereocenters. The number of fused-ring (bicyclic) bond motifs is 4. The number of hydrogen-bond donors (Lipinski definition) is 0. The van der Waals surface area contributed by atoms with Crippen molar-refractivity contribution in [2.45, 2.75) is 126 Å². The molecule has 0 N–H and O–H groups in total. The summed E-state index contributed by atoms with van der Waals surface area (Å²) in [6.07, 6.45) is 19.3. The Bertz CT molecular complexity index is 1150. The fourth-order valence-electron chi connectivity index (χ4n) is 10.3. The summed E-state index contributed by atoms with van der Waals surface area (Å²) < 4.78 is 6.15. The van der Waals surface area contributed by atoms with Crippen LogP contribution in [0.2, 0.25) is 0 Å². The molecule has 5 rings (SSSR count). The van der Waals surface area contributed by atoms with E-state index in [0.717, 1.165) is 24.7 Å². The van der Waals surface area contributed by atoms with Gasteiger partial charge in [0.05, 0.1) is 6.20 Å². The highest BCUT2D eigenvalue weighted by Crippen LogP contribution is 2.72. The molecule has 2 fully saturated rings. The Labute approximate surface area is 237 Å². The highest BCUT2D eigenvalue weighted by atomic mass is 16.5. The van der Waals surface area contributed by atoms with E-state index in [1.54, 1.807) is 18.0 Å². The number of rotatable bonds is 6. The molecular formula is C35H52N2O2. The fraction of sp³-hybridized carbons (Fsp3) is 0.743. The van der Waals surface area contributed by atoms with Gasteiger partial charge >= 0.3 is 5.97 Å². The summed E-state index contributed by atoms with van der Waals surface area (Å²) >= 11 is 0. The molecule has 0 spiro atoms. The van der Waals surface area contributed by atoms with Crippen LogP contribution in [0.15, 0.2) is 41.4 Å². The maximum absolute atomic E-state index is 12.9. The van der Waals surface area contributed by atoms with E-state index in [2.05, 4.69) is 71.4 Å². The van der Waals surface area contributed by atoms with Crippen LogP contribution in [0.5, 0.6) is 0 Å². The number of hydrogen-bond acceptors (Lipinski definition) is 4.